The van der Waals surface area contributed by atoms with E-state index in [2.05, 4.69) is 26.4 Å². The summed E-state index contributed by atoms with van der Waals surface area (Å²) in [7, 11) is 0. The van der Waals surface area contributed by atoms with Crippen LogP contribution in [0.5, 0.6) is 0 Å². The Morgan fingerprint density at radius 3 is 2.52 bits per heavy atom. The van der Waals surface area contributed by atoms with Gasteiger partial charge >= 0.3 is 6.03 Å². The molecule has 4 amide bonds. The first kappa shape index (κ1) is 16.0. The van der Waals surface area contributed by atoms with E-state index in [1.165, 1.54) is 6.92 Å². The van der Waals surface area contributed by atoms with Gasteiger partial charge in [-0.1, -0.05) is 30.3 Å². The standard InChI is InChI=1S/C14H16N6O3/c1-8(16-14(15)23)12(21)19-20-13(22)11-7-10(17-18-11)9-5-3-2-4-6-9/h2-8H,1H3,(H,17,18)(H,19,21)(H,20,22)(H3,15,16,23)/t8-/m1/s1. The van der Waals surface area contributed by atoms with Gasteiger partial charge in [0.1, 0.15) is 11.7 Å². The predicted octanol–water partition coefficient (Wildman–Crippen LogP) is -0.105. The summed E-state index contributed by atoms with van der Waals surface area (Å²) in [4.78, 5) is 34.2. The Bertz CT molecular complexity index is 712. The molecule has 0 aliphatic heterocycles. The SMILES string of the molecule is C[C@@H](NC(N)=O)C(=O)NNC(=O)c1cc(-c2ccccc2)n[nH]1. The number of carbonyl (C=O) groups excluding carboxylic acids is 3. The van der Waals surface area contributed by atoms with Gasteiger partial charge in [-0.3, -0.25) is 25.5 Å². The molecule has 1 aromatic heterocycles. The zero-order chi connectivity index (χ0) is 16.8. The van der Waals surface area contributed by atoms with Gasteiger partial charge in [0, 0.05) is 5.56 Å². The van der Waals surface area contributed by atoms with Gasteiger partial charge in [-0.25, -0.2) is 4.79 Å². The van der Waals surface area contributed by atoms with Crippen molar-refractivity contribution in [2.45, 2.75) is 13.0 Å². The van der Waals surface area contributed by atoms with Crippen LogP contribution in [0.1, 0.15) is 17.4 Å². The molecule has 0 aliphatic rings. The summed E-state index contributed by atoms with van der Waals surface area (Å²) in [5, 5.41) is 8.81. The molecule has 6 N–H and O–H groups in total. The van der Waals surface area contributed by atoms with Crippen molar-refractivity contribution in [2.75, 3.05) is 0 Å². The zero-order valence-electron chi connectivity index (χ0n) is 12.3. The normalized spacial score (nSPS) is 11.3. The fourth-order valence-corrected chi connectivity index (χ4v) is 1.77. The molecule has 120 valence electrons. The molecule has 2 aromatic rings. The molecule has 9 nitrogen and oxygen atoms in total. The molecular formula is C14H16N6O3. The maximum absolute atomic E-state index is 11.9. The summed E-state index contributed by atoms with van der Waals surface area (Å²) >= 11 is 0. The van der Waals surface area contributed by atoms with Crippen LogP contribution in [0.25, 0.3) is 11.3 Å². The van der Waals surface area contributed by atoms with E-state index in [9.17, 15) is 14.4 Å². The Morgan fingerprint density at radius 1 is 1.17 bits per heavy atom. The van der Waals surface area contributed by atoms with Crippen molar-refractivity contribution in [3.8, 4) is 11.3 Å². The van der Waals surface area contributed by atoms with Gasteiger partial charge in [-0.2, -0.15) is 5.10 Å². The number of carbonyl (C=O) groups is 3. The van der Waals surface area contributed by atoms with E-state index in [-0.39, 0.29) is 5.69 Å². The zero-order valence-corrected chi connectivity index (χ0v) is 12.3. The van der Waals surface area contributed by atoms with Crippen LogP contribution in [0.3, 0.4) is 0 Å². The van der Waals surface area contributed by atoms with Crippen LogP contribution < -0.4 is 21.9 Å². The molecule has 0 saturated heterocycles. The van der Waals surface area contributed by atoms with Crippen molar-refractivity contribution in [1.29, 1.82) is 0 Å². The summed E-state index contributed by atoms with van der Waals surface area (Å²) < 4.78 is 0. The molecule has 1 atom stereocenters. The molecule has 0 unspecified atom stereocenters. The van der Waals surface area contributed by atoms with Crippen molar-refractivity contribution < 1.29 is 14.4 Å². The second-order valence-corrected chi connectivity index (χ2v) is 4.71. The number of nitrogens with zero attached hydrogens (tertiary/aromatic N) is 1. The number of primary amides is 1. The summed E-state index contributed by atoms with van der Waals surface area (Å²) in [5.74, 6) is -1.18. The number of urea groups is 1. The summed E-state index contributed by atoms with van der Waals surface area (Å²) in [6.07, 6.45) is 0. The first-order chi connectivity index (χ1) is 11.0. The van der Waals surface area contributed by atoms with Crippen LogP contribution in [0.2, 0.25) is 0 Å². The van der Waals surface area contributed by atoms with Crippen LogP contribution in [0.4, 0.5) is 4.79 Å². The smallest absolute Gasteiger partial charge is 0.312 e. The van der Waals surface area contributed by atoms with Gasteiger partial charge < -0.3 is 11.1 Å². The minimum absolute atomic E-state index is 0.180. The number of benzene rings is 1. The lowest BCUT2D eigenvalue weighted by molar-refractivity contribution is -0.123. The topological polar surface area (TPSA) is 142 Å². The Morgan fingerprint density at radius 2 is 1.87 bits per heavy atom. The molecule has 1 heterocycles. The van der Waals surface area contributed by atoms with E-state index in [1.54, 1.807) is 6.07 Å². The molecular weight excluding hydrogens is 300 g/mol. The number of nitrogens with two attached hydrogens (primary N) is 1. The third-order valence-corrected chi connectivity index (χ3v) is 2.94. The number of amides is 4. The third kappa shape index (κ3) is 4.30. The molecule has 0 radical (unpaired) electrons. The molecule has 23 heavy (non-hydrogen) atoms. The fourth-order valence-electron chi connectivity index (χ4n) is 1.77. The van der Waals surface area contributed by atoms with Crippen molar-refractivity contribution in [2.24, 2.45) is 5.73 Å². The minimum atomic E-state index is -0.880. The van der Waals surface area contributed by atoms with Gasteiger partial charge in [0.2, 0.25) is 0 Å². The number of hydrazine groups is 1. The van der Waals surface area contributed by atoms with Crippen LogP contribution in [-0.2, 0) is 4.79 Å². The van der Waals surface area contributed by atoms with E-state index in [4.69, 9.17) is 5.73 Å². The quantitative estimate of drug-likeness (QED) is 0.502. The maximum Gasteiger partial charge on any atom is 0.312 e. The van der Waals surface area contributed by atoms with Crippen LogP contribution >= 0.6 is 0 Å². The van der Waals surface area contributed by atoms with Crippen LogP contribution in [-0.4, -0.2) is 34.1 Å². The highest BCUT2D eigenvalue weighted by atomic mass is 16.2. The fraction of sp³-hybridized carbons (Fsp3) is 0.143. The monoisotopic (exact) mass is 316 g/mol. The largest absolute Gasteiger partial charge is 0.352 e. The van der Waals surface area contributed by atoms with E-state index < -0.39 is 23.9 Å². The van der Waals surface area contributed by atoms with Crippen molar-refractivity contribution in [3.63, 3.8) is 0 Å². The van der Waals surface area contributed by atoms with Crippen molar-refractivity contribution >= 4 is 17.8 Å². The van der Waals surface area contributed by atoms with Gasteiger partial charge in [0.05, 0.1) is 5.69 Å². The Hall–Kier alpha value is -3.36. The highest BCUT2D eigenvalue weighted by Gasteiger charge is 2.16. The number of aromatic nitrogens is 2. The van der Waals surface area contributed by atoms with E-state index in [0.29, 0.717) is 5.69 Å². The first-order valence-electron chi connectivity index (χ1n) is 6.74. The molecule has 0 fully saturated rings. The number of hydrogen-bond donors (Lipinski definition) is 5. The molecule has 2 rings (SSSR count). The average Bonchev–Trinajstić information content (AvgIpc) is 3.02. The summed E-state index contributed by atoms with van der Waals surface area (Å²) in [6, 6.07) is 9.15. The number of hydrogen-bond acceptors (Lipinski definition) is 4. The lowest BCUT2D eigenvalue weighted by Crippen LogP contribution is -2.52. The number of nitrogens with one attached hydrogen (secondary N) is 4. The minimum Gasteiger partial charge on any atom is -0.352 e. The number of rotatable bonds is 4. The molecule has 0 bridgehead atoms. The number of H-pyrrole nitrogens is 1. The molecule has 0 saturated carbocycles. The molecule has 0 aliphatic carbocycles. The maximum atomic E-state index is 11.9. The van der Waals surface area contributed by atoms with E-state index in [1.807, 2.05) is 30.3 Å². The van der Waals surface area contributed by atoms with Gasteiger partial charge in [-0.15, -0.1) is 0 Å². The summed E-state index contributed by atoms with van der Waals surface area (Å²) in [5.41, 5.74) is 10.9. The van der Waals surface area contributed by atoms with Crippen LogP contribution in [0, 0.1) is 0 Å². The molecule has 1 aromatic carbocycles. The van der Waals surface area contributed by atoms with Crippen molar-refractivity contribution in [3.05, 3.63) is 42.1 Å². The van der Waals surface area contributed by atoms with Gasteiger partial charge in [0.25, 0.3) is 11.8 Å². The van der Waals surface area contributed by atoms with Gasteiger partial charge in [0.15, 0.2) is 0 Å². The second-order valence-electron chi connectivity index (χ2n) is 4.71. The third-order valence-electron chi connectivity index (χ3n) is 2.94. The second kappa shape index (κ2) is 7.07. The lowest BCUT2D eigenvalue weighted by atomic mass is 10.1. The number of aromatic amines is 1. The van der Waals surface area contributed by atoms with Gasteiger partial charge in [-0.05, 0) is 13.0 Å². The van der Waals surface area contributed by atoms with E-state index >= 15 is 0 Å². The summed E-state index contributed by atoms with van der Waals surface area (Å²) in [6.45, 7) is 1.43. The van der Waals surface area contributed by atoms with Crippen LogP contribution in [0.15, 0.2) is 36.4 Å². The predicted molar refractivity (Wildman–Crippen MR) is 81.8 cm³/mol. The Labute approximate surface area is 131 Å². The average molecular weight is 316 g/mol. The lowest BCUT2D eigenvalue weighted by Gasteiger charge is -2.12. The van der Waals surface area contributed by atoms with E-state index in [0.717, 1.165) is 5.56 Å². The highest BCUT2D eigenvalue weighted by Crippen LogP contribution is 2.16. The van der Waals surface area contributed by atoms with Crippen molar-refractivity contribution in [1.82, 2.24) is 26.4 Å². The first-order valence-corrected chi connectivity index (χ1v) is 6.74. The molecule has 0 spiro atoms. The Kier molecular flexibility index (Phi) is 4.92. The highest BCUT2D eigenvalue weighted by molar-refractivity contribution is 5.95. The molecule has 9 heteroatoms. The Balaban J connectivity index is 1.93.